The zero-order chi connectivity index (χ0) is 9.97. The Bertz CT molecular complexity index is 324. The van der Waals surface area contributed by atoms with Crippen molar-refractivity contribution in [3.63, 3.8) is 0 Å². The Labute approximate surface area is 98.2 Å². The van der Waals surface area contributed by atoms with Crippen molar-refractivity contribution in [2.45, 2.75) is 12.5 Å². The molecule has 76 valence electrons. The third kappa shape index (κ3) is 2.50. The fourth-order valence-corrected chi connectivity index (χ4v) is 2.92. The molecule has 0 saturated carbocycles. The van der Waals surface area contributed by atoms with Crippen LogP contribution in [0.5, 0.6) is 0 Å². The van der Waals surface area contributed by atoms with Crippen LogP contribution in [0.4, 0.5) is 5.69 Å². The summed E-state index contributed by atoms with van der Waals surface area (Å²) >= 11 is 13.7. The van der Waals surface area contributed by atoms with E-state index in [-0.39, 0.29) is 0 Å². The van der Waals surface area contributed by atoms with Crippen molar-refractivity contribution in [2.75, 3.05) is 16.8 Å². The van der Waals surface area contributed by atoms with Crippen LogP contribution in [0.3, 0.4) is 0 Å². The molecule has 1 saturated heterocycles. The van der Waals surface area contributed by atoms with Crippen LogP contribution in [0.15, 0.2) is 18.2 Å². The molecule has 1 N–H and O–H groups in total. The van der Waals surface area contributed by atoms with E-state index in [1.54, 1.807) is 0 Å². The van der Waals surface area contributed by atoms with E-state index in [2.05, 4.69) is 5.32 Å². The Morgan fingerprint density at radius 1 is 1.29 bits per heavy atom. The molecule has 14 heavy (non-hydrogen) atoms. The standard InChI is InChI=1S/C10H11Cl2NS/c11-9-2-1-7(5-10(9)12)13-8-3-4-14-6-8/h1-2,5,8,13H,3-4,6H2. The fraction of sp³-hybridized carbons (Fsp3) is 0.400. The minimum atomic E-state index is 0.581. The van der Waals surface area contributed by atoms with Crippen LogP contribution in [0.25, 0.3) is 0 Å². The van der Waals surface area contributed by atoms with Crippen molar-refractivity contribution in [3.05, 3.63) is 28.2 Å². The smallest absolute Gasteiger partial charge is 0.0612 e. The third-order valence-corrected chi connectivity index (χ3v) is 4.12. The van der Waals surface area contributed by atoms with Gasteiger partial charge < -0.3 is 5.32 Å². The molecule has 2 rings (SSSR count). The average molecular weight is 248 g/mol. The zero-order valence-electron chi connectivity index (χ0n) is 7.59. The molecule has 0 bridgehead atoms. The molecule has 1 aliphatic rings. The molecule has 0 aliphatic carbocycles. The lowest BCUT2D eigenvalue weighted by Gasteiger charge is -2.13. The van der Waals surface area contributed by atoms with E-state index >= 15 is 0 Å². The van der Waals surface area contributed by atoms with Crippen LogP contribution < -0.4 is 5.32 Å². The van der Waals surface area contributed by atoms with Crippen molar-refractivity contribution >= 4 is 40.7 Å². The highest BCUT2D eigenvalue weighted by Gasteiger charge is 2.14. The summed E-state index contributed by atoms with van der Waals surface area (Å²) in [5, 5.41) is 4.67. The van der Waals surface area contributed by atoms with Crippen LogP contribution >= 0.6 is 35.0 Å². The lowest BCUT2D eigenvalue weighted by molar-refractivity contribution is 0.813. The maximum absolute atomic E-state index is 5.92. The van der Waals surface area contributed by atoms with Crippen molar-refractivity contribution in [1.82, 2.24) is 0 Å². The highest BCUT2D eigenvalue weighted by atomic mass is 35.5. The summed E-state index contributed by atoms with van der Waals surface area (Å²) in [6.45, 7) is 0. The predicted octanol–water partition coefficient (Wildman–Crippen LogP) is 3.91. The van der Waals surface area contributed by atoms with E-state index in [9.17, 15) is 0 Å². The Morgan fingerprint density at radius 2 is 2.14 bits per heavy atom. The topological polar surface area (TPSA) is 12.0 Å². The number of nitrogens with one attached hydrogen (secondary N) is 1. The minimum Gasteiger partial charge on any atom is -0.381 e. The second kappa shape index (κ2) is 4.65. The molecular formula is C10H11Cl2NS. The second-order valence-corrected chi connectivity index (χ2v) is 5.30. The molecule has 0 spiro atoms. The molecule has 1 aliphatic heterocycles. The van der Waals surface area contributed by atoms with Gasteiger partial charge in [0.1, 0.15) is 0 Å². The van der Waals surface area contributed by atoms with Gasteiger partial charge in [-0.3, -0.25) is 0 Å². The van der Waals surface area contributed by atoms with Gasteiger partial charge in [-0.15, -0.1) is 0 Å². The molecule has 0 aromatic heterocycles. The second-order valence-electron chi connectivity index (χ2n) is 3.33. The summed E-state index contributed by atoms with van der Waals surface area (Å²) in [5.74, 6) is 2.43. The predicted molar refractivity (Wildman–Crippen MR) is 65.8 cm³/mol. The van der Waals surface area contributed by atoms with Crippen molar-refractivity contribution in [2.24, 2.45) is 0 Å². The number of hydrogen-bond acceptors (Lipinski definition) is 2. The first-order chi connectivity index (χ1) is 6.75. The van der Waals surface area contributed by atoms with Gasteiger partial charge in [0.05, 0.1) is 10.0 Å². The normalized spacial score (nSPS) is 21.1. The largest absolute Gasteiger partial charge is 0.381 e. The van der Waals surface area contributed by atoms with Gasteiger partial charge in [-0.1, -0.05) is 23.2 Å². The lowest BCUT2D eigenvalue weighted by atomic mass is 10.2. The number of hydrogen-bond donors (Lipinski definition) is 1. The summed E-state index contributed by atoms with van der Waals surface area (Å²) in [6, 6.07) is 6.26. The van der Waals surface area contributed by atoms with Crippen molar-refractivity contribution < 1.29 is 0 Å². The molecule has 1 unspecified atom stereocenters. The van der Waals surface area contributed by atoms with Gasteiger partial charge in [0.25, 0.3) is 0 Å². The van der Waals surface area contributed by atoms with Gasteiger partial charge in [-0.25, -0.2) is 0 Å². The number of anilines is 1. The van der Waals surface area contributed by atoms with Crippen molar-refractivity contribution in [1.29, 1.82) is 0 Å². The molecule has 1 aromatic carbocycles. The van der Waals surface area contributed by atoms with Crippen LogP contribution in [-0.2, 0) is 0 Å². The molecule has 0 radical (unpaired) electrons. The molecule has 1 heterocycles. The molecule has 4 heteroatoms. The van der Waals surface area contributed by atoms with E-state index in [0.29, 0.717) is 16.1 Å². The van der Waals surface area contributed by atoms with E-state index < -0.39 is 0 Å². The highest BCUT2D eigenvalue weighted by molar-refractivity contribution is 7.99. The SMILES string of the molecule is Clc1ccc(NC2CCSC2)cc1Cl. The summed E-state index contributed by atoms with van der Waals surface area (Å²) in [5.41, 5.74) is 1.06. The lowest BCUT2D eigenvalue weighted by Crippen LogP contribution is -2.17. The zero-order valence-corrected chi connectivity index (χ0v) is 9.92. The Kier molecular flexibility index (Phi) is 3.47. The van der Waals surface area contributed by atoms with Crippen molar-refractivity contribution in [3.8, 4) is 0 Å². The summed E-state index contributed by atoms with van der Waals surface area (Å²) in [7, 11) is 0. The van der Waals surface area contributed by atoms with Gasteiger partial charge in [0, 0.05) is 17.5 Å². The van der Waals surface area contributed by atoms with Gasteiger partial charge in [0.15, 0.2) is 0 Å². The van der Waals surface area contributed by atoms with Crippen LogP contribution in [0.1, 0.15) is 6.42 Å². The van der Waals surface area contributed by atoms with E-state index in [4.69, 9.17) is 23.2 Å². The summed E-state index contributed by atoms with van der Waals surface area (Å²) in [4.78, 5) is 0. The number of halogens is 2. The van der Waals surface area contributed by atoms with Crippen LogP contribution in [0.2, 0.25) is 10.0 Å². The van der Waals surface area contributed by atoms with E-state index in [0.717, 1.165) is 5.69 Å². The summed E-state index contributed by atoms with van der Waals surface area (Å²) in [6.07, 6.45) is 1.23. The first kappa shape index (κ1) is 10.5. The maximum atomic E-state index is 5.92. The maximum Gasteiger partial charge on any atom is 0.0612 e. The van der Waals surface area contributed by atoms with Gasteiger partial charge in [-0.05, 0) is 30.4 Å². The Balaban J connectivity index is 2.05. The van der Waals surface area contributed by atoms with E-state index in [1.807, 2.05) is 30.0 Å². The third-order valence-electron chi connectivity index (χ3n) is 2.22. The molecule has 0 amide bonds. The first-order valence-corrected chi connectivity index (χ1v) is 6.46. The molecule has 1 fully saturated rings. The Hall–Kier alpha value is -0.0500. The monoisotopic (exact) mass is 247 g/mol. The fourth-order valence-electron chi connectivity index (χ4n) is 1.47. The highest BCUT2D eigenvalue weighted by Crippen LogP contribution is 2.27. The Morgan fingerprint density at radius 3 is 2.79 bits per heavy atom. The quantitative estimate of drug-likeness (QED) is 0.851. The van der Waals surface area contributed by atoms with Crippen LogP contribution in [0, 0.1) is 0 Å². The first-order valence-electron chi connectivity index (χ1n) is 4.55. The van der Waals surface area contributed by atoms with E-state index in [1.165, 1.54) is 17.9 Å². The van der Waals surface area contributed by atoms with Crippen LogP contribution in [-0.4, -0.2) is 17.5 Å². The number of rotatable bonds is 2. The van der Waals surface area contributed by atoms with Gasteiger partial charge in [0.2, 0.25) is 0 Å². The summed E-state index contributed by atoms with van der Waals surface area (Å²) < 4.78 is 0. The number of benzene rings is 1. The molecular weight excluding hydrogens is 237 g/mol. The average Bonchev–Trinajstić information content (AvgIpc) is 2.64. The van der Waals surface area contributed by atoms with Gasteiger partial charge in [-0.2, -0.15) is 11.8 Å². The molecule has 1 nitrogen and oxygen atoms in total. The van der Waals surface area contributed by atoms with Gasteiger partial charge >= 0.3 is 0 Å². The molecule has 1 aromatic rings. The number of thioether (sulfide) groups is 1. The molecule has 1 atom stereocenters. The minimum absolute atomic E-state index is 0.581.